The molecule has 6 heteroatoms. The highest BCUT2D eigenvalue weighted by Crippen LogP contribution is 2.30. The number of aliphatic hydroxyl groups is 1. The number of nitrogens with one attached hydrogen (secondary N) is 1. The largest absolute Gasteiger partial charge is 0.388 e. The number of rotatable bonds is 3. The van der Waals surface area contributed by atoms with Crippen LogP contribution in [0.3, 0.4) is 0 Å². The summed E-state index contributed by atoms with van der Waals surface area (Å²) < 4.78 is 18.5. The number of urea groups is 1. The van der Waals surface area contributed by atoms with E-state index in [2.05, 4.69) is 5.32 Å². The van der Waals surface area contributed by atoms with Crippen LogP contribution in [0, 0.1) is 11.7 Å². The fourth-order valence-electron chi connectivity index (χ4n) is 3.52. The van der Waals surface area contributed by atoms with Gasteiger partial charge in [-0.1, -0.05) is 12.1 Å². The number of nitrogens with zero attached hydrogens (tertiary/aromatic N) is 1. The minimum Gasteiger partial charge on any atom is -0.388 e. The van der Waals surface area contributed by atoms with E-state index < -0.39 is 6.10 Å². The van der Waals surface area contributed by atoms with Crippen LogP contribution in [0.5, 0.6) is 0 Å². The Bertz CT molecular complexity index is 558. The second-order valence-corrected chi connectivity index (χ2v) is 6.74. The van der Waals surface area contributed by atoms with Gasteiger partial charge in [0.2, 0.25) is 0 Å². The van der Waals surface area contributed by atoms with Crippen LogP contribution in [0.4, 0.5) is 9.18 Å². The third kappa shape index (κ3) is 3.87. The lowest BCUT2D eigenvalue weighted by Gasteiger charge is -2.35. The van der Waals surface area contributed by atoms with Crippen molar-refractivity contribution in [3.05, 3.63) is 35.6 Å². The lowest BCUT2D eigenvalue weighted by atomic mass is 9.87. The minimum absolute atomic E-state index is 0.0490. The molecule has 2 aliphatic heterocycles. The zero-order valence-corrected chi connectivity index (χ0v) is 14.0. The van der Waals surface area contributed by atoms with Crippen molar-refractivity contribution in [1.82, 2.24) is 10.2 Å². The summed E-state index contributed by atoms with van der Waals surface area (Å²) >= 11 is 0. The number of amides is 2. The van der Waals surface area contributed by atoms with Gasteiger partial charge in [-0.2, -0.15) is 0 Å². The van der Waals surface area contributed by atoms with E-state index in [1.165, 1.54) is 12.1 Å². The molecule has 2 heterocycles. The van der Waals surface area contributed by atoms with Gasteiger partial charge in [0.25, 0.3) is 0 Å². The van der Waals surface area contributed by atoms with Crippen molar-refractivity contribution in [2.24, 2.45) is 5.92 Å². The topological polar surface area (TPSA) is 61.8 Å². The number of hydrogen-bond donors (Lipinski definition) is 2. The highest BCUT2D eigenvalue weighted by molar-refractivity contribution is 5.74. The standard InChI is InChI=1S/C18H25FN2O3/c1-12-16(8-11-24-12)20-18(23)21-9-6-14(7-10-21)17(22)13-2-4-15(19)5-3-13/h2-5,12,14,16-17,22H,6-11H2,1H3,(H,20,23). The van der Waals surface area contributed by atoms with Gasteiger partial charge in [-0.25, -0.2) is 9.18 Å². The Morgan fingerprint density at radius 2 is 1.96 bits per heavy atom. The molecular weight excluding hydrogens is 311 g/mol. The number of piperidine rings is 1. The number of carbonyl (C=O) groups is 1. The molecule has 0 aliphatic carbocycles. The first-order valence-electron chi connectivity index (χ1n) is 8.65. The fourth-order valence-corrected chi connectivity index (χ4v) is 3.52. The molecular formula is C18H25FN2O3. The molecule has 2 amide bonds. The summed E-state index contributed by atoms with van der Waals surface area (Å²) in [6.45, 7) is 3.91. The maximum absolute atomic E-state index is 13.0. The quantitative estimate of drug-likeness (QED) is 0.891. The summed E-state index contributed by atoms with van der Waals surface area (Å²) in [5.74, 6) is -0.212. The number of benzene rings is 1. The number of ether oxygens (including phenoxy) is 1. The molecule has 0 radical (unpaired) electrons. The molecule has 0 aromatic heterocycles. The summed E-state index contributed by atoms with van der Waals surface area (Å²) in [6.07, 6.45) is 1.78. The average molecular weight is 336 g/mol. The predicted molar refractivity (Wildman–Crippen MR) is 88.0 cm³/mol. The van der Waals surface area contributed by atoms with Gasteiger partial charge in [0.1, 0.15) is 5.82 Å². The molecule has 2 fully saturated rings. The van der Waals surface area contributed by atoms with Crippen molar-refractivity contribution in [1.29, 1.82) is 0 Å². The van der Waals surface area contributed by atoms with Gasteiger partial charge in [-0.05, 0) is 49.8 Å². The third-order valence-corrected chi connectivity index (χ3v) is 5.17. The highest BCUT2D eigenvalue weighted by Gasteiger charge is 2.31. The van der Waals surface area contributed by atoms with E-state index in [1.807, 2.05) is 6.92 Å². The van der Waals surface area contributed by atoms with Crippen LogP contribution in [0.1, 0.15) is 37.9 Å². The first-order chi connectivity index (χ1) is 11.5. The van der Waals surface area contributed by atoms with Gasteiger partial charge < -0.3 is 20.1 Å². The predicted octanol–water partition coefficient (Wildman–Crippen LogP) is 2.46. The Morgan fingerprint density at radius 1 is 1.29 bits per heavy atom. The minimum atomic E-state index is -0.612. The van der Waals surface area contributed by atoms with Gasteiger partial charge in [0, 0.05) is 19.7 Å². The molecule has 24 heavy (non-hydrogen) atoms. The average Bonchev–Trinajstić information content (AvgIpc) is 3.00. The maximum atomic E-state index is 13.0. The third-order valence-electron chi connectivity index (χ3n) is 5.17. The Hall–Kier alpha value is -1.66. The normalized spacial score (nSPS) is 26.4. The molecule has 5 nitrogen and oxygen atoms in total. The molecule has 2 N–H and O–H groups in total. The molecule has 0 saturated carbocycles. The summed E-state index contributed by atoms with van der Waals surface area (Å²) in [6, 6.07) is 6.02. The first-order valence-corrected chi connectivity index (χ1v) is 8.65. The number of hydrogen-bond acceptors (Lipinski definition) is 3. The summed E-state index contributed by atoms with van der Waals surface area (Å²) in [5.41, 5.74) is 0.733. The molecule has 0 bridgehead atoms. The molecule has 2 saturated heterocycles. The fraction of sp³-hybridized carbons (Fsp3) is 0.611. The number of halogens is 1. The molecule has 1 aromatic rings. The van der Waals surface area contributed by atoms with E-state index in [4.69, 9.17) is 4.74 Å². The van der Waals surface area contributed by atoms with E-state index >= 15 is 0 Å². The molecule has 132 valence electrons. The Morgan fingerprint density at radius 3 is 2.54 bits per heavy atom. The molecule has 3 unspecified atom stereocenters. The van der Waals surface area contributed by atoms with E-state index in [0.717, 1.165) is 24.8 Å². The zero-order valence-electron chi connectivity index (χ0n) is 14.0. The van der Waals surface area contributed by atoms with Crippen LogP contribution in [-0.2, 0) is 4.74 Å². The number of aliphatic hydroxyl groups excluding tert-OH is 1. The van der Waals surface area contributed by atoms with Gasteiger partial charge in [0.15, 0.2) is 0 Å². The van der Waals surface area contributed by atoms with Crippen LogP contribution in [0.25, 0.3) is 0 Å². The monoisotopic (exact) mass is 336 g/mol. The number of carbonyl (C=O) groups excluding carboxylic acids is 1. The smallest absolute Gasteiger partial charge is 0.317 e. The van der Waals surface area contributed by atoms with Crippen LogP contribution >= 0.6 is 0 Å². The van der Waals surface area contributed by atoms with Crippen molar-refractivity contribution in [3.63, 3.8) is 0 Å². The van der Waals surface area contributed by atoms with Crippen LogP contribution in [-0.4, -0.2) is 47.9 Å². The maximum Gasteiger partial charge on any atom is 0.317 e. The molecule has 3 rings (SSSR count). The van der Waals surface area contributed by atoms with Crippen LogP contribution in [0.2, 0.25) is 0 Å². The Labute approximate surface area is 141 Å². The van der Waals surface area contributed by atoms with Crippen molar-refractivity contribution in [2.45, 2.75) is 44.4 Å². The van der Waals surface area contributed by atoms with Gasteiger partial charge in [-0.3, -0.25) is 0 Å². The van der Waals surface area contributed by atoms with Crippen molar-refractivity contribution >= 4 is 6.03 Å². The molecule has 0 spiro atoms. The van der Waals surface area contributed by atoms with Crippen molar-refractivity contribution in [2.75, 3.05) is 19.7 Å². The number of likely N-dealkylation sites (tertiary alicyclic amines) is 1. The second kappa shape index (κ2) is 7.49. The van der Waals surface area contributed by atoms with E-state index in [9.17, 15) is 14.3 Å². The molecule has 1 aromatic carbocycles. The van der Waals surface area contributed by atoms with E-state index in [0.29, 0.717) is 19.7 Å². The summed E-state index contributed by atoms with van der Waals surface area (Å²) in [5, 5.41) is 13.5. The highest BCUT2D eigenvalue weighted by atomic mass is 19.1. The van der Waals surface area contributed by atoms with E-state index in [1.54, 1.807) is 17.0 Å². The Kier molecular flexibility index (Phi) is 5.36. The molecule has 3 atom stereocenters. The Balaban J connectivity index is 1.49. The molecule has 2 aliphatic rings. The lowest BCUT2D eigenvalue weighted by molar-refractivity contribution is 0.0650. The van der Waals surface area contributed by atoms with Crippen LogP contribution < -0.4 is 5.32 Å². The van der Waals surface area contributed by atoms with Crippen LogP contribution in [0.15, 0.2) is 24.3 Å². The first kappa shape index (κ1) is 17.2. The van der Waals surface area contributed by atoms with Crippen molar-refractivity contribution < 1.29 is 19.0 Å². The van der Waals surface area contributed by atoms with E-state index in [-0.39, 0.29) is 29.9 Å². The zero-order chi connectivity index (χ0) is 17.1. The lowest BCUT2D eigenvalue weighted by Crippen LogP contribution is -2.49. The van der Waals surface area contributed by atoms with Gasteiger partial charge >= 0.3 is 6.03 Å². The van der Waals surface area contributed by atoms with Gasteiger partial charge in [-0.15, -0.1) is 0 Å². The second-order valence-electron chi connectivity index (χ2n) is 6.74. The van der Waals surface area contributed by atoms with Gasteiger partial charge in [0.05, 0.1) is 18.2 Å². The summed E-state index contributed by atoms with van der Waals surface area (Å²) in [7, 11) is 0. The summed E-state index contributed by atoms with van der Waals surface area (Å²) in [4.78, 5) is 14.1. The van der Waals surface area contributed by atoms with Crippen molar-refractivity contribution in [3.8, 4) is 0 Å². The SMILES string of the molecule is CC1OCCC1NC(=O)N1CCC(C(O)c2ccc(F)cc2)CC1.